The van der Waals surface area contributed by atoms with Crippen molar-refractivity contribution < 1.29 is 32.8 Å². The first-order valence-corrected chi connectivity index (χ1v) is 22.1. The number of esters is 1. The molecule has 2 atom stereocenters. The highest BCUT2D eigenvalue weighted by Gasteiger charge is 2.25. The average Bonchev–Trinajstić information content (AvgIpc) is 3.15. The largest absolute Gasteiger partial charge is 0.472 e. The van der Waals surface area contributed by atoms with Gasteiger partial charge < -0.3 is 20.1 Å². The third-order valence-electron chi connectivity index (χ3n) is 8.05. The van der Waals surface area contributed by atoms with Crippen molar-refractivity contribution in [2.24, 2.45) is 5.73 Å². The number of rotatable bonds is 38. The Bertz CT molecular complexity index is 1080. The van der Waals surface area contributed by atoms with Gasteiger partial charge in [0.25, 0.3) is 0 Å². The van der Waals surface area contributed by atoms with E-state index in [2.05, 4.69) is 98.9 Å². The average molecular weight is 762 g/mol. The topological polar surface area (TPSA) is 117 Å². The van der Waals surface area contributed by atoms with E-state index in [1.807, 2.05) is 0 Å². The molecule has 0 aliphatic rings. The van der Waals surface area contributed by atoms with E-state index in [0.717, 1.165) is 83.5 Å². The minimum Gasteiger partial charge on any atom is -0.457 e. The van der Waals surface area contributed by atoms with Crippen LogP contribution in [0.1, 0.15) is 149 Å². The molecule has 3 N–H and O–H groups in total. The first kappa shape index (κ1) is 50.7. The molecular weight excluding hydrogens is 685 g/mol. The van der Waals surface area contributed by atoms with E-state index >= 15 is 0 Å². The number of carbonyl (C=O) groups excluding carboxylic acids is 1. The van der Waals surface area contributed by atoms with Crippen LogP contribution in [-0.4, -0.2) is 49.9 Å². The van der Waals surface area contributed by atoms with Gasteiger partial charge in [-0.25, -0.2) is 4.57 Å². The zero-order chi connectivity index (χ0) is 38.8. The minimum absolute atomic E-state index is 0.0879. The zero-order valence-electron chi connectivity index (χ0n) is 33.5. The normalized spacial score (nSPS) is 14.4. The number of phosphoric acid groups is 1. The molecule has 0 heterocycles. The van der Waals surface area contributed by atoms with E-state index in [-0.39, 0.29) is 38.8 Å². The summed E-state index contributed by atoms with van der Waals surface area (Å²) < 4.78 is 33.3. The highest BCUT2D eigenvalue weighted by Crippen LogP contribution is 2.43. The van der Waals surface area contributed by atoms with E-state index in [1.54, 1.807) is 0 Å². The van der Waals surface area contributed by atoms with Crippen molar-refractivity contribution in [2.45, 2.75) is 155 Å². The Balaban J connectivity index is 4.18. The number of carbonyl (C=O) groups is 1. The summed E-state index contributed by atoms with van der Waals surface area (Å²) in [6, 6.07) is 0. The maximum Gasteiger partial charge on any atom is 0.472 e. The number of hydrogen-bond acceptors (Lipinski definition) is 7. The minimum atomic E-state index is -4.29. The number of unbranched alkanes of at least 4 members (excludes halogenated alkanes) is 11. The second-order valence-corrected chi connectivity index (χ2v) is 14.6. The zero-order valence-corrected chi connectivity index (χ0v) is 34.4. The Morgan fingerprint density at radius 2 is 1.06 bits per heavy atom. The molecule has 304 valence electrons. The summed E-state index contributed by atoms with van der Waals surface area (Å²) in [4.78, 5) is 22.4. The fourth-order valence-corrected chi connectivity index (χ4v) is 5.80. The van der Waals surface area contributed by atoms with Crippen molar-refractivity contribution in [3.05, 3.63) is 85.1 Å². The molecule has 53 heavy (non-hydrogen) atoms. The quantitative estimate of drug-likeness (QED) is 0.0276. The van der Waals surface area contributed by atoms with Crippen molar-refractivity contribution in [1.29, 1.82) is 0 Å². The lowest BCUT2D eigenvalue weighted by Gasteiger charge is -2.20. The maximum absolute atomic E-state index is 12.6. The third kappa shape index (κ3) is 40.7. The van der Waals surface area contributed by atoms with Crippen molar-refractivity contribution in [2.75, 3.05) is 33.0 Å². The predicted molar refractivity (Wildman–Crippen MR) is 224 cm³/mol. The summed E-state index contributed by atoms with van der Waals surface area (Å²) in [5.41, 5.74) is 5.36. The lowest BCUT2D eigenvalue weighted by molar-refractivity contribution is -0.154. The van der Waals surface area contributed by atoms with Crippen LogP contribution in [0.5, 0.6) is 0 Å². The van der Waals surface area contributed by atoms with Crippen LogP contribution < -0.4 is 5.73 Å². The van der Waals surface area contributed by atoms with Crippen LogP contribution >= 0.6 is 7.82 Å². The van der Waals surface area contributed by atoms with Gasteiger partial charge in [-0.05, 0) is 83.5 Å². The van der Waals surface area contributed by atoms with Crippen LogP contribution in [0.2, 0.25) is 0 Å². The van der Waals surface area contributed by atoms with E-state index in [4.69, 9.17) is 24.3 Å². The number of nitrogens with two attached hydrogens (primary N) is 1. The molecule has 8 nitrogen and oxygen atoms in total. The Labute approximate surface area is 324 Å². The molecule has 0 aromatic carbocycles. The molecule has 0 aliphatic carbocycles. The highest BCUT2D eigenvalue weighted by atomic mass is 31.2. The summed E-state index contributed by atoms with van der Waals surface area (Å²) in [6.07, 6.45) is 51.7. The lowest BCUT2D eigenvalue weighted by Crippen LogP contribution is -2.28. The van der Waals surface area contributed by atoms with E-state index in [1.165, 1.54) is 38.5 Å². The van der Waals surface area contributed by atoms with Crippen molar-refractivity contribution in [3.63, 3.8) is 0 Å². The molecule has 0 bridgehead atoms. The number of allylic oxidation sites excluding steroid dienone is 14. The number of ether oxygens (including phenoxy) is 2. The molecule has 0 aromatic heterocycles. The molecule has 2 unspecified atom stereocenters. The fourth-order valence-electron chi connectivity index (χ4n) is 5.04. The van der Waals surface area contributed by atoms with Crippen LogP contribution in [0.4, 0.5) is 0 Å². The van der Waals surface area contributed by atoms with E-state index in [0.29, 0.717) is 13.0 Å². The van der Waals surface area contributed by atoms with Gasteiger partial charge in [-0.1, -0.05) is 144 Å². The van der Waals surface area contributed by atoms with Gasteiger partial charge in [-0.3, -0.25) is 13.8 Å². The summed E-state index contributed by atoms with van der Waals surface area (Å²) in [5.74, 6) is -0.369. The number of hydrogen-bond donors (Lipinski definition) is 2. The Morgan fingerprint density at radius 1 is 0.585 bits per heavy atom. The van der Waals surface area contributed by atoms with Gasteiger partial charge in [0.15, 0.2) is 0 Å². The third-order valence-corrected chi connectivity index (χ3v) is 9.03. The molecule has 0 spiro atoms. The maximum atomic E-state index is 12.6. The van der Waals surface area contributed by atoms with Crippen molar-refractivity contribution in [1.82, 2.24) is 0 Å². The fraction of sp³-hybridized carbons (Fsp3) is 0.659. The van der Waals surface area contributed by atoms with Crippen molar-refractivity contribution >= 4 is 13.8 Å². The van der Waals surface area contributed by atoms with Crippen LogP contribution in [0.15, 0.2) is 85.1 Å². The molecule has 0 amide bonds. The second-order valence-electron chi connectivity index (χ2n) is 13.1. The lowest BCUT2D eigenvalue weighted by atomic mass is 10.1. The summed E-state index contributed by atoms with van der Waals surface area (Å²) >= 11 is 0. The molecule has 0 fully saturated rings. The highest BCUT2D eigenvalue weighted by molar-refractivity contribution is 7.47. The van der Waals surface area contributed by atoms with Crippen LogP contribution in [-0.2, 0) is 27.9 Å². The van der Waals surface area contributed by atoms with Gasteiger partial charge in [0.1, 0.15) is 6.10 Å². The smallest absolute Gasteiger partial charge is 0.457 e. The molecule has 0 aromatic rings. The van der Waals surface area contributed by atoms with E-state index in [9.17, 15) is 14.3 Å². The monoisotopic (exact) mass is 762 g/mol. The second kappa shape index (κ2) is 40.9. The van der Waals surface area contributed by atoms with Gasteiger partial charge in [0, 0.05) is 19.6 Å². The molecule has 0 saturated carbocycles. The summed E-state index contributed by atoms with van der Waals surface area (Å²) in [6.45, 7) is 4.67. The van der Waals surface area contributed by atoms with Gasteiger partial charge in [0.2, 0.25) is 0 Å². The van der Waals surface area contributed by atoms with Gasteiger partial charge in [-0.15, -0.1) is 0 Å². The van der Waals surface area contributed by atoms with Gasteiger partial charge in [-0.2, -0.15) is 0 Å². The van der Waals surface area contributed by atoms with Crippen molar-refractivity contribution in [3.8, 4) is 0 Å². The molecular formula is C44H76NO7P. The van der Waals surface area contributed by atoms with Crippen LogP contribution in [0.3, 0.4) is 0 Å². The standard InChI is InChI=1S/C44H76NO7P/c1-3-5-7-9-11-13-15-17-19-20-21-22-23-25-27-29-31-33-35-37-44(46)52-43(42-51-53(47,48)50-40-38-45)41-49-39-36-34-32-30-28-26-24-18-16-14-12-10-8-6-4-2/h5,7,10-13,16-19,21-22,25,27,43H,3-4,6,8-9,14-15,20,23-24,26,28-42,45H2,1-2H3,(H,47,48)/b7-5-,12-10-,13-11-,18-16-,19-17-,22-21-,27-25-. The van der Waals surface area contributed by atoms with Gasteiger partial charge in [0.05, 0.1) is 19.8 Å². The predicted octanol–water partition coefficient (Wildman–Crippen LogP) is 12.1. The van der Waals surface area contributed by atoms with Gasteiger partial charge >= 0.3 is 13.8 Å². The van der Waals surface area contributed by atoms with Crippen LogP contribution in [0.25, 0.3) is 0 Å². The van der Waals surface area contributed by atoms with Crippen LogP contribution in [0, 0.1) is 0 Å². The molecule has 0 saturated heterocycles. The molecule has 9 heteroatoms. The molecule has 0 aliphatic heterocycles. The first-order valence-electron chi connectivity index (χ1n) is 20.6. The molecule has 0 radical (unpaired) electrons. The SMILES string of the molecule is CC/C=C\C/C=C\C/C=C\C/C=C\C/C=C\CCCCCC(=O)OC(COCCCCCCCC/C=C\C/C=C\CCCC)COP(=O)(O)OCCN. The van der Waals surface area contributed by atoms with E-state index < -0.39 is 13.9 Å². The number of phosphoric ester groups is 1. The summed E-state index contributed by atoms with van der Waals surface area (Å²) in [5, 5.41) is 0. The Morgan fingerprint density at radius 3 is 1.58 bits per heavy atom. The Hall–Kier alpha value is -2.32. The first-order chi connectivity index (χ1) is 25.9. The summed E-state index contributed by atoms with van der Waals surface area (Å²) in [7, 11) is -4.29. The molecule has 0 rings (SSSR count). The Kier molecular flexibility index (Phi) is 39.1.